The molecule has 0 atom stereocenters. The van der Waals surface area contributed by atoms with Gasteiger partial charge in [-0.2, -0.15) is 4.31 Å². The first-order chi connectivity index (χ1) is 13.4. The Labute approximate surface area is 169 Å². The van der Waals surface area contributed by atoms with Gasteiger partial charge in [0.1, 0.15) is 13.2 Å². The summed E-state index contributed by atoms with van der Waals surface area (Å²) in [5, 5.41) is 3.03. The molecule has 1 N–H and O–H groups in total. The highest BCUT2D eigenvalue weighted by molar-refractivity contribution is 7.89. The van der Waals surface area contributed by atoms with E-state index in [1.807, 2.05) is 6.92 Å². The summed E-state index contributed by atoms with van der Waals surface area (Å²) in [7, 11) is -3.84. The zero-order valence-corrected chi connectivity index (χ0v) is 16.9. The summed E-state index contributed by atoms with van der Waals surface area (Å²) in [6, 6.07) is 11.0. The van der Waals surface area contributed by atoms with Crippen LogP contribution < -0.4 is 14.8 Å². The third kappa shape index (κ3) is 4.76. The smallest absolute Gasteiger partial charge is 0.243 e. The van der Waals surface area contributed by atoms with Crippen molar-refractivity contribution >= 4 is 33.2 Å². The molecule has 1 aliphatic heterocycles. The normalized spacial score (nSPS) is 13.4. The Bertz CT molecular complexity index is 965. The minimum absolute atomic E-state index is 0.0561. The lowest BCUT2D eigenvalue weighted by Gasteiger charge is -2.22. The molecule has 2 aromatic rings. The van der Waals surface area contributed by atoms with E-state index in [4.69, 9.17) is 21.1 Å². The average molecular weight is 425 g/mol. The van der Waals surface area contributed by atoms with E-state index >= 15 is 0 Å². The first-order valence-electron chi connectivity index (χ1n) is 8.85. The third-order valence-electron chi connectivity index (χ3n) is 4.05. The van der Waals surface area contributed by atoms with Gasteiger partial charge in [0.2, 0.25) is 15.9 Å². The van der Waals surface area contributed by atoms with Crippen molar-refractivity contribution in [2.75, 3.05) is 31.6 Å². The number of rotatable bonds is 7. The van der Waals surface area contributed by atoms with Crippen molar-refractivity contribution in [1.82, 2.24) is 4.31 Å². The van der Waals surface area contributed by atoms with Gasteiger partial charge < -0.3 is 14.8 Å². The van der Waals surface area contributed by atoms with Gasteiger partial charge in [-0.15, -0.1) is 0 Å². The number of amides is 1. The number of anilines is 1. The highest BCUT2D eigenvalue weighted by Gasteiger charge is 2.26. The molecule has 1 amide bonds. The van der Waals surface area contributed by atoms with Gasteiger partial charge in [-0.1, -0.05) is 24.6 Å². The van der Waals surface area contributed by atoms with Crippen LogP contribution in [0, 0.1) is 0 Å². The number of ether oxygens (including phenoxy) is 2. The highest BCUT2D eigenvalue weighted by atomic mass is 35.5. The van der Waals surface area contributed by atoms with Gasteiger partial charge in [0.05, 0.1) is 11.4 Å². The number of hydrogen-bond acceptors (Lipinski definition) is 5. The number of benzene rings is 2. The molecule has 0 aromatic heterocycles. The molecule has 0 bridgehead atoms. The molecule has 0 saturated heterocycles. The Kier molecular flexibility index (Phi) is 6.43. The second-order valence-electron chi connectivity index (χ2n) is 6.20. The molecular formula is C19H21ClN2O5S. The van der Waals surface area contributed by atoms with Crippen molar-refractivity contribution in [2.24, 2.45) is 0 Å². The molecule has 0 saturated carbocycles. The number of fused-ring (bicyclic) bond motifs is 1. The Morgan fingerprint density at radius 2 is 1.89 bits per heavy atom. The van der Waals surface area contributed by atoms with E-state index in [2.05, 4.69) is 5.32 Å². The molecule has 1 heterocycles. The predicted molar refractivity (Wildman–Crippen MR) is 107 cm³/mol. The maximum Gasteiger partial charge on any atom is 0.243 e. The molecule has 0 radical (unpaired) electrons. The van der Waals surface area contributed by atoms with Gasteiger partial charge in [-0.3, -0.25) is 4.79 Å². The summed E-state index contributed by atoms with van der Waals surface area (Å²) in [6.07, 6.45) is 0.567. The molecule has 2 aromatic carbocycles. The number of nitrogens with zero attached hydrogens (tertiary/aromatic N) is 1. The molecule has 0 unspecified atom stereocenters. The highest BCUT2D eigenvalue weighted by Crippen LogP contribution is 2.32. The Balaban J connectivity index is 1.74. The summed E-state index contributed by atoms with van der Waals surface area (Å²) in [4.78, 5) is 12.6. The van der Waals surface area contributed by atoms with E-state index < -0.39 is 15.9 Å². The van der Waals surface area contributed by atoms with Crippen molar-refractivity contribution in [3.8, 4) is 11.5 Å². The first kappa shape index (κ1) is 20.4. The summed E-state index contributed by atoms with van der Waals surface area (Å²) in [5.74, 6) is 0.706. The molecule has 3 rings (SSSR count). The lowest BCUT2D eigenvalue weighted by molar-refractivity contribution is -0.116. The molecule has 9 heteroatoms. The van der Waals surface area contributed by atoms with E-state index in [-0.39, 0.29) is 18.0 Å². The fourth-order valence-corrected chi connectivity index (χ4v) is 4.58. The second kappa shape index (κ2) is 8.81. The standard InChI is InChI=1S/C19H21ClN2O5S/c1-2-8-22(28(24,25)16-5-3-4-14(20)11-16)13-19(23)21-15-6-7-17-18(12-15)27-10-9-26-17/h3-7,11-12H,2,8-10,13H2,1H3,(H,21,23). The fraction of sp³-hybridized carbons (Fsp3) is 0.316. The van der Waals surface area contributed by atoms with E-state index in [0.717, 1.165) is 4.31 Å². The Hall–Kier alpha value is -2.29. The van der Waals surface area contributed by atoms with Crippen LogP contribution in [0.25, 0.3) is 0 Å². The van der Waals surface area contributed by atoms with Crippen LogP contribution in [0.2, 0.25) is 5.02 Å². The van der Waals surface area contributed by atoms with Crippen molar-refractivity contribution in [2.45, 2.75) is 18.2 Å². The molecule has 0 aliphatic carbocycles. The molecule has 7 nitrogen and oxygen atoms in total. The summed E-state index contributed by atoms with van der Waals surface area (Å²) >= 11 is 5.92. The van der Waals surface area contributed by atoms with E-state index in [9.17, 15) is 13.2 Å². The quantitative estimate of drug-likeness (QED) is 0.738. The minimum Gasteiger partial charge on any atom is -0.486 e. The van der Waals surface area contributed by atoms with Crippen LogP contribution in [0.4, 0.5) is 5.69 Å². The zero-order chi connectivity index (χ0) is 20.1. The second-order valence-corrected chi connectivity index (χ2v) is 8.58. The zero-order valence-electron chi connectivity index (χ0n) is 15.4. The number of halogens is 1. The lowest BCUT2D eigenvalue weighted by Crippen LogP contribution is -2.38. The van der Waals surface area contributed by atoms with Crippen molar-refractivity contribution in [3.05, 3.63) is 47.5 Å². The van der Waals surface area contributed by atoms with Crippen molar-refractivity contribution in [3.63, 3.8) is 0 Å². The van der Waals surface area contributed by atoms with Crippen LogP contribution in [-0.2, 0) is 14.8 Å². The maximum absolute atomic E-state index is 12.9. The molecular weight excluding hydrogens is 404 g/mol. The topological polar surface area (TPSA) is 84.9 Å². The van der Waals surface area contributed by atoms with Crippen LogP contribution >= 0.6 is 11.6 Å². The molecule has 150 valence electrons. The van der Waals surface area contributed by atoms with Gasteiger partial charge >= 0.3 is 0 Å². The fourth-order valence-electron chi connectivity index (χ4n) is 2.79. The average Bonchev–Trinajstić information content (AvgIpc) is 2.67. The van der Waals surface area contributed by atoms with Crippen molar-refractivity contribution in [1.29, 1.82) is 0 Å². The number of nitrogens with one attached hydrogen (secondary N) is 1. The van der Waals surface area contributed by atoms with Gasteiger partial charge in [-0.25, -0.2) is 8.42 Å². The van der Waals surface area contributed by atoms with Gasteiger partial charge in [0.15, 0.2) is 11.5 Å². The van der Waals surface area contributed by atoms with Crippen LogP contribution in [0.5, 0.6) is 11.5 Å². The lowest BCUT2D eigenvalue weighted by atomic mass is 10.2. The summed E-state index contributed by atoms with van der Waals surface area (Å²) in [6.45, 7) is 2.67. The van der Waals surface area contributed by atoms with Gasteiger partial charge in [0, 0.05) is 23.3 Å². The molecule has 0 fully saturated rings. The van der Waals surface area contributed by atoms with Crippen molar-refractivity contribution < 1.29 is 22.7 Å². The van der Waals surface area contributed by atoms with Crippen LogP contribution in [-0.4, -0.2) is 44.9 Å². The Morgan fingerprint density at radius 3 is 2.61 bits per heavy atom. The number of hydrogen-bond donors (Lipinski definition) is 1. The molecule has 0 spiro atoms. The summed E-state index contributed by atoms with van der Waals surface area (Å²) < 4.78 is 37.9. The van der Waals surface area contributed by atoms with E-state index in [1.165, 1.54) is 12.1 Å². The van der Waals surface area contributed by atoms with Crippen LogP contribution in [0.15, 0.2) is 47.4 Å². The number of carbonyl (C=O) groups is 1. The van der Waals surface area contributed by atoms with E-state index in [0.29, 0.717) is 41.8 Å². The van der Waals surface area contributed by atoms with Crippen LogP contribution in [0.3, 0.4) is 0 Å². The SMILES string of the molecule is CCCN(CC(=O)Nc1ccc2c(c1)OCCO2)S(=O)(=O)c1cccc(Cl)c1. The first-order valence-corrected chi connectivity index (χ1v) is 10.7. The third-order valence-corrected chi connectivity index (χ3v) is 6.13. The number of carbonyl (C=O) groups excluding carboxylic acids is 1. The van der Waals surface area contributed by atoms with Crippen LogP contribution in [0.1, 0.15) is 13.3 Å². The largest absolute Gasteiger partial charge is 0.486 e. The Morgan fingerprint density at radius 1 is 1.14 bits per heavy atom. The molecule has 1 aliphatic rings. The maximum atomic E-state index is 12.9. The number of sulfonamides is 1. The molecule has 28 heavy (non-hydrogen) atoms. The van der Waals surface area contributed by atoms with E-state index in [1.54, 1.807) is 30.3 Å². The minimum atomic E-state index is -3.84. The predicted octanol–water partition coefficient (Wildman–Crippen LogP) is 3.15. The van der Waals surface area contributed by atoms with Gasteiger partial charge in [-0.05, 0) is 36.8 Å². The monoisotopic (exact) mass is 424 g/mol. The van der Waals surface area contributed by atoms with Gasteiger partial charge in [0.25, 0.3) is 0 Å². The summed E-state index contributed by atoms with van der Waals surface area (Å²) in [5.41, 5.74) is 0.505.